The van der Waals surface area contributed by atoms with Gasteiger partial charge < -0.3 is 19.3 Å². The summed E-state index contributed by atoms with van der Waals surface area (Å²) in [4.78, 5) is 33.8. The Morgan fingerprint density at radius 3 is 2.46 bits per heavy atom. The fourth-order valence-electron chi connectivity index (χ4n) is 4.13. The number of methoxy groups -OCH3 is 1. The number of rotatable bonds is 8. The standard InChI is InChI=1S/C26H31N5O4/c1-19-12-20(2)31(28-19)17-26(33)30-15-24(35-18-22-8-10-27-11-9-22)14-29(25(32)16-30)13-21-4-6-23(34-3)7-5-21/h4-12,24H,13-18H2,1-3H3. The van der Waals surface area contributed by atoms with E-state index >= 15 is 0 Å². The lowest BCUT2D eigenvalue weighted by molar-refractivity contribution is -0.139. The van der Waals surface area contributed by atoms with Gasteiger partial charge in [-0.2, -0.15) is 5.10 Å². The van der Waals surface area contributed by atoms with E-state index in [1.54, 1.807) is 34.0 Å². The number of hydrogen-bond acceptors (Lipinski definition) is 6. The largest absolute Gasteiger partial charge is 0.497 e. The number of aryl methyl sites for hydroxylation is 2. The van der Waals surface area contributed by atoms with Gasteiger partial charge in [0.15, 0.2) is 0 Å². The number of hydrogen-bond donors (Lipinski definition) is 0. The monoisotopic (exact) mass is 477 g/mol. The minimum Gasteiger partial charge on any atom is -0.497 e. The first-order valence-corrected chi connectivity index (χ1v) is 11.6. The molecule has 0 spiro atoms. The van der Waals surface area contributed by atoms with E-state index in [1.807, 2.05) is 56.3 Å². The predicted molar refractivity (Wildman–Crippen MR) is 130 cm³/mol. The van der Waals surface area contributed by atoms with Gasteiger partial charge in [-0.05, 0) is 55.3 Å². The lowest BCUT2D eigenvalue weighted by atomic mass is 10.2. The molecule has 1 aliphatic rings. The maximum Gasteiger partial charge on any atom is 0.244 e. The van der Waals surface area contributed by atoms with Gasteiger partial charge in [0, 0.05) is 37.7 Å². The fraction of sp³-hybridized carbons (Fsp3) is 0.385. The van der Waals surface area contributed by atoms with E-state index in [4.69, 9.17) is 9.47 Å². The number of carbonyl (C=O) groups is 2. The molecule has 0 aliphatic carbocycles. The molecular formula is C26H31N5O4. The number of amides is 2. The summed E-state index contributed by atoms with van der Waals surface area (Å²) in [5, 5.41) is 4.39. The van der Waals surface area contributed by atoms with E-state index in [0.717, 1.165) is 28.3 Å². The van der Waals surface area contributed by atoms with Gasteiger partial charge in [0.05, 0.1) is 32.1 Å². The zero-order valence-electron chi connectivity index (χ0n) is 20.4. The topological polar surface area (TPSA) is 89.8 Å². The summed E-state index contributed by atoms with van der Waals surface area (Å²) in [6.45, 7) is 5.41. The average Bonchev–Trinajstić information content (AvgIpc) is 3.08. The van der Waals surface area contributed by atoms with Crippen LogP contribution in [0, 0.1) is 13.8 Å². The number of aromatic nitrogens is 3. The summed E-state index contributed by atoms with van der Waals surface area (Å²) >= 11 is 0. The molecule has 0 saturated carbocycles. The number of carbonyl (C=O) groups excluding carboxylic acids is 2. The van der Waals surface area contributed by atoms with E-state index < -0.39 is 0 Å². The second kappa shape index (κ2) is 11.1. The molecule has 1 saturated heterocycles. The summed E-state index contributed by atoms with van der Waals surface area (Å²) in [7, 11) is 1.62. The Hall–Kier alpha value is -3.72. The Morgan fingerprint density at radius 1 is 1.06 bits per heavy atom. The van der Waals surface area contributed by atoms with Crippen LogP contribution < -0.4 is 4.74 Å². The van der Waals surface area contributed by atoms with Crippen LogP contribution in [0.5, 0.6) is 5.75 Å². The zero-order valence-corrected chi connectivity index (χ0v) is 20.4. The molecule has 0 radical (unpaired) electrons. The van der Waals surface area contributed by atoms with Gasteiger partial charge in [-0.25, -0.2) is 0 Å². The number of nitrogens with zero attached hydrogens (tertiary/aromatic N) is 5. The lowest BCUT2D eigenvalue weighted by Gasteiger charge is -2.25. The van der Waals surface area contributed by atoms with Gasteiger partial charge in [-0.15, -0.1) is 0 Å². The molecule has 4 rings (SSSR count). The first-order chi connectivity index (χ1) is 16.9. The van der Waals surface area contributed by atoms with Crippen molar-refractivity contribution >= 4 is 11.8 Å². The smallest absolute Gasteiger partial charge is 0.244 e. The predicted octanol–water partition coefficient (Wildman–Crippen LogP) is 2.36. The molecule has 9 heteroatoms. The van der Waals surface area contributed by atoms with E-state index in [-0.39, 0.29) is 31.0 Å². The molecule has 1 atom stereocenters. The average molecular weight is 478 g/mol. The first-order valence-electron chi connectivity index (χ1n) is 11.6. The number of pyridine rings is 1. The van der Waals surface area contributed by atoms with Crippen LogP contribution in [0.3, 0.4) is 0 Å². The molecule has 184 valence electrons. The van der Waals surface area contributed by atoms with Crippen molar-refractivity contribution in [2.24, 2.45) is 0 Å². The minimum absolute atomic E-state index is 0.00338. The molecule has 1 aliphatic heterocycles. The van der Waals surface area contributed by atoms with Gasteiger partial charge in [0.1, 0.15) is 12.3 Å². The van der Waals surface area contributed by atoms with E-state index in [1.165, 1.54) is 0 Å². The summed E-state index contributed by atoms with van der Waals surface area (Å²) in [6.07, 6.45) is 3.10. The molecule has 9 nitrogen and oxygen atoms in total. The Bertz CT molecular complexity index is 1150. The lowest BCUT2D eigenvalue weighted by Crippen LogP contribution is -2.41. The first kappa shape index (κ1) is 24.4. The van der Waals surface area contributed by atoms with Gasteiger partial charge in [-0.1, -0.05) is 12.1 Å². The normalized spacial score (nSPS) is 16.3. The maximum absolute atomic E-state index is 13.2. The van der Waals surface area contributed by atoms with Crippen molar-refractivity contribution in [1.82, 2.24) is 24.6 Å². The second-order valence-electron chi connectivity index (χ2n) is 8.77. The van der Waals surface area contributed by atoms with Crippen LogP contribution in [-0.4, -0.2) is 69.2 Å². The van der Waals surface area contributed by atoms with E-state index in [2.05, 4.69) is 10.1 Å². The molecule has 2 aromatic heterocycles. The summed E-state index contributed by atoms with van der Waals surface area (Å²) < 4.78 is 13.1. The van der Waals surface area contributed by atoms with Crippen molar-refractivity contribution in [3.63, 3.8) is 0 Å². The molecule has 0 bridgehead atoms. The molecule has 1 aromatic carbocycles. The van der Waals surface area contributed by atoms with Crippen LogP contribution in [0.2, 0.25) is 0 Å². The third-order valence-corrected chi connectivity index (χ3v) is 6.04. The Morgan fingerprint density at radius 2 is 1.80 bits per heavy atom. The van der Waals surface area contributed by atoms with Gasteiger partial charge in [0.25, 0.3) is 0 Å². The van der Waals surface area contributed by atoms with Gasteiger partial charge >= 0.3 is 0 Å². The van der Waals surface area contributed by atoms with Crippen molar-refractivity contribution < 1.29 is 19.1 Å². The van der Waals surface area contributed by atoms with Crippen LogP contribution >= 0.6 is 0 Å². The third kappa shape index (κ3) is 6.45. The Labute approximate surface area is 205 Å². The van der Waals surface area contributed by atoms with Crippen LogP contribution in [0.4, 0.5) is 0 Å². The molecule has 1 unspecified atom stereocenters. The maximum atomic E-state index is 13.2. The van der Waals surface area contributed by atoms with Crippen molar-refractivity contribution in [3.05, 3.63) is 77.4 Å². The Balaban J connectivity index is 1.50. The third-order valence-electron chi connectivity index (χ3n) is 6.04. The molecular weight excluding hydrogens is 446 g/mol. The highest BCUT2D eigenvalue weighted by atomic mass is 16.5. The van der Waals surface area contributed by atoms with E-state index in [0.29, 0.717) is 26.2 Å². The summed E-state index contributed by atoms with van der Waals surface area (Å²) in [5.74, 6) is 0.487. The van der Waals surface area contributed by atoms with Crippen molar-refractivity contribution in [1.29, 1.82) is 0 Å². The highest BCUT2D eigenvalue weighted by Crippen LogP contribution is 2.17. The quantitative estimate of drug-likeness (QED) is 0.495. The van der Waals surface area contributed by atoms with Crippen molar-refractivity contribution in [3.8, 4) is 5.75 Å². The summed E-state index contributed by atoms with van der Waals surface area (Å²) in [6, 6.07) is 13.3. The van der Waals surface area contributed by atoms with Gasteiger partial charge in [0.2, 0.25) is 11.8 Å². The zero-order chi connectivity index (χ0) is 24.8. The molecule has 3 aromatic rings. The van der Waals surface area contributed by atoms with Crippen LogP contribution in [-0.2, 0) is 34.0 Å². The van der Waals surface area contributed by atoms with Gasteiger partial charge in [-0.3, -0.25) is 19.3 Å². The SMILES string of the molecule is COc1ccc(CN2CC(OCc3ccncc3)CN(C(=O)Cn3nc(C)cc3C)CC2=O)cc1. The molecule has 0 N–H and O–H groups in total. The van der Waals surface area contributed by atoms with Crippen LogP contribution in [0.25, 0.3) is 0 Å². The van der Waals surface area contributed by atoms with Crippen molar-refractivity contribution in [2.75, 3.05) is 26.7 Å². The minimum atomic E-state index is -0.336. The van der Waals surface area contributed by atoms with Crippen LogP contribution in [0.1, 0.15) is 22.5 Å². The summed E-state index contributed by atoms with van der Waals surface area (Å²) in [5.41, 5.74) is 3.72. The number of benzene rings is 1. The molecule has 3 heterocycles. The highest BCUT2D eigenvalue weighted by Gasteiger charge is 2.31. The molecule has 1 fully saturated rings. The van der Waals surface area contributed by atoms with Crippen LogP contribution in [0.15, 0.2) is 54.9 Å². The van der Waals surface area contributed by atoms with Crippen molar-refractivity contribution in [2.45, 2.75) is 39.6 Å². The molecule has 2 amide bonds. The van der Waals surface area contributed by atoms with E-state index in [9.17, 15) is 9.59 Å². The number of ether oxygens (including phenoxy) is 2. The fourth-order valence-corrected chi connectivity index (χ4v) is 4.13. The highest BCUT2D eigenvalue weighted by molar-refractivity contribution is 5.85. The second-order valence-corrected chi connectivity index (χ2v) is 8.77. The molecule has 35 heavy (non-hydrogen) atoms. The Kier molecular flexibility index (Phi) is 7.77.